The van der Waals surface area contributed by atoms with Crippen molar-refractivity contribution in [3.8, 4) is 17.4 Å². The maximum Gasteiger partial charge on any atom is 0.218 e. The van der Waals surface area contributed by atoms with Gasteiger partial charge in [0.2, 0.25) is 5.88 Å². The van der Waals surface area contributed by atoms with E-state index in [2.05, 4.69) is 20.6 Å². The number of nitrogens with one attached hydrogen (secondary N) is 2. The topological polar surface area (TPSA) is 77.0 Å². The summed E-state index contributed by atoms with van der Waals surface area (Å²) in [5.74, 6) is 2.84. The molecular weight excluding hydrogens is 471 g/mol. The van der Waals surface area contributed by atoms with Crippen molar-refractivity contribution in [1.82, 2.24) is 15.6 Å². The number of benzene rings is 1. The molecule has 0 aliphatic rings. The molecule has 0 aliphatic heterocycles. The average molecular weight is 500 g/mol. The van der Waals surface area contributed by atoms with Gasteiger partial charge >= 0.3 is 0 Å². The third-order valence-electron chi connectivity index (χ3n) is 3.73. The van der Waals surface area contributed by atoms with Crippen LogP contribution in [-0.2, 0) is 6.54 Å². The fourth-order valence-corrected chi connectivity index (χ4v) is 2.42. The zero-order valence-corrected chi connectivity index (χ0v) is 19.1. The molecule has 0 saturated carbocycles. The fourth-order valence-electron chi connectivity index (χ4n) is 2.42. The number of aromatic nitrogens is 1. The number of rotatable bonds is 9. The van der Waals surface area contributed by atoms with Crippen LogP contribution in [0.3, 0.4) is 0 Å². The lowest BCUT2D eigenvalue weighted by atomic mass is 10.3. The van der Waals surface area contributed by atoms with Gasteiger partial charge in [-0.25, -0.2) is 9.98 Å². The number of hydrogen-bond acceptors (Lipinski definition) is 5. The Balaban J connectivity index is 0.00000392. The molecule has 0 fully saturated rings. The monoisotopic (exact) mass is 500 g/mol. The second-order valence-corrected chi connectivity index (χ2v) is 5.86. The van der Waals surface area contributed by atoms with Gasteiger partial charge in [0, 0.05) is 24.4 Å². The van der Waals surface area contributed by atoms with Crippen molar-refractivity contribution in [2.45, 2.75) is 26.5 Å². The van der Waals surface area contributed by atoms with Crippen LogP contribution >= 0.6 is 24.0 Å². The van der Waals surface area contributed by atoms with Crippen LogP contribution in [-0.4, -0.2) is 44.4 Å². The van der Waals surface area contributed by atoms with E-state index in [1.165, 1.54) is 0 Å². The first-order valence-electron chi connectivity index (χ1n) is 8.97. The predicted molar refractivity (Wildman–Crippen MR) is 122 cm³/mol. The molecule has 1 aromatic heterocycles. The third-order valence-corrected chi connectivity index (χ3v) is 3.73. The molecule has 1 atom stereocenters. The summed E-state index contributed by atoms with van der Waals surface area (Å²) in [5, 5.41) is 6.53. The first-order chi connectivity index (χ1) is 13.2. The summed E-state index contributed by atoms with van der Waals surface area (Å²) in [6.45, 7) is 5.87. The van der Waals surface area contributed by atoms with E-state index in [-0.39, 0.29) is 30.1 Å². The van der Waals surface area contributed by atoms with E-state index in [1.807, 2.05) is 50.2 Å². The number of halogens is 1. The fraction of sp³-hybridized carbons (Fsp3) is 0.400. The highest BCUT2D eigenvalue weighted by atomic mass is 127. The number of hydrogen-bond donors (Lipinski definition) is 2. The lowest BCUT2D eigenvalue weighted by molar-refractivity contribution is 0.223. The molecule has 0 spiro atoms. The molecule has 2 N–H and O–H groups in total. The average Bonchev–Trinajstić information content (AvgIpc) is 2.70. The van der Waals surface area contributed by atoms with Crippen LogP contribution in [0.2, 0.25) is 0 Å². The summed E-state index contributed by atoms with van der Waals surface area (Å²) in [4.78, 5) is 8.79. The van der Waals surface area contributed by atoms with E-state index in [4.69, 9.17) is 14.2 Å². The third kappa shape index (κ3) is 7.79. The first kappa shape index (κ1) is 23.8. The molecule has 28 heavy (non-hydrogen) atoms. The SMILES string of the molecule is CCNC(=NCc1cccnc1OC)NCC(C)Oc1cccc(OC)c1.I. The molecule has 0 amide bonds. The summed E-state index contributed by atoms with van der Waals surface area (Å²) in [6, 6.07) is 11.4. The minimum atomic E-state index is -0.0473. The van der Waals surface area contributed by atoms with Gasteiger partial charge < -0.3 is 24.8 Å². The zero-order valence-electron chi connectivity index (χ0n) is 16.8. The van der Waals surface area contributed by atoms with Crippen molar-refractivity contribution in [3.63, 3.8) is 0 Å². The molecule has 2 aromatic rings. The van der Waals surface area contributed by atoms with Gasteiger partial charge in [0.1, 0.15) is 17.6 Å². The van der Waals surface area contributed by atoms with Crippen molar-refractivity contribution in [2.75, 3.05) is 27.3 Å². The molecule has 1 aromatic carbocycles. The van der Waals surface area contributed by atoms with Gasteiger partial charge in [0.25, 0.3) is 0 Å². The molecule has 0 saturated heterocycles. The summed E-state index contributed by atoms with van der Waals surface area (Å²) < 4.78 is 16.4. The molecule has 1 unspecified atom stereocenters. The van der Waals surface area contributed by atoms with Gasteiger partial charge in [-0.15, -0.1) is 24.0 Å². The molecule has 7 nitrogen and oxygen atoms in total. The Bertz CT molecular complexity index is 743. The Morgan fingerprint density at radius 3 is 2.61 bits per heavy atom. The van der Waals surface area contributed by atoms with Gasteiger partial charge in [-0.1, -0.05) is 12.1 Å². The summed E-state index contributed by atoms with van der Waals surface area (Å²) >= 11 is 0. The maximum atomic E-state index is 5.93. The lowest BCUT2D eigenvalue weighted by Crippen LogP contribution is -2.41. The number of nitrogens with zero attached hydrogens (tertiary/aromatic N) is 2. The largest absolute Gasteiger partial charge is 0.497 e. The van der Waals surface area contributed by atoms with Crippen LogP contribution in [0.15, 0.2) is 47.6 Å². The molecule has 1 heterocycles. The van der Waals surface area contributed by atoms with Gasteiger partial charge in [-0.3, -0.25) is 0 Å². The van der Waals surface area contributed by atoms with Crippen molar-refractivity contribution in [2.24, 2.45) is 4.99 Å². The standard InChI is InChI=1S/C20H28N4O3.HI/c1-5-21-20(24-14-16-8-7-11-22-19(16)26-4)23-13-15(2)27-18-10-6-9-17(12-18)25-3;/h6-12,15H,5,13-14H2,1-4H3,(H2,21,23,24);1H. The van der Waals surface area contributed by atoms with Crippen LogP contribution < -0.4 is 24.8 Å². The van der Waals surface area contributed by atoms with E-state index in [0.717, 1.165) is 23.6 Å². The van der Waals surface area contributed by atoms with Crippen molar-refractivity contribution in [1.29, 1.82) is 0 Å². The molecule has 8 heteroatoms. The zero-order chi connectivity index (χ0) is 19.5. The molecule has 154 valence electrons. The molecule has 0 radical (unpaired) electrons. The van der Waals surface area contributed by atoms with Crippen molar-refractivity contribution >= 4 is 29.9 Å². The summed E-state index contributed by atoms with van der Waals surface area (Å²) in [7, 11) is 3.25. The highest BCUT2D eigenvalue weighted by Gasteiger charge is 2.08. The number of methoxy groups -OCH3 is 2. The minimum Gasteiger partial charge on any atom is -0.497 e. The molecule has 0 bridgehead atoms. The normalized spacial score (nSPS) is 11.8. The van der Waals surface area contributed by atoms with Gasteiger partial charge in [0.15, 0.2) is 5.96 Å². The second-order valence-electron chi connectivity index (χ2n) is 5.86. The Hall–Kier alpha value is -2.23. The van der Waals surface area contributed by atoms with E-state index >= 15 is 0 Å². The van der Waals surface area contributed by atoms with Gasteiger partial charge in [-0.05, 0) is 32.0 Å². The first-order valence-corrected chi connectivity index (χ1v) is 8.97. The van der Waals surface area contributed by atoms with Crippen molar-refractivity contribution < 1.29 is 14.2 Å². The maximum absolute atomic E-state index is 5.93. The second kappa shape index (κ2) is 13.0. The van der Waals surface area contributed by atoms with Crippen LogP contribution in [0.5, 0.6) is 17.4 Å². The van der Waals surface area contributed by atoms with Crippen LogP contribution in [0.1, 0.15) is 19.4 Å². The smallest absolute Gasteiger partial charge is 0.218 e. The quantitative estimate of drug-likeness (QED) is 0.313. The highest BCUT2D eigenvalue weighted by molar-refractivity contribution is 14.0. The Labute approximate surface area is 183 Å². The Morgan fingerprint density at radius 2 is 1.89 bits per heavy atom. The lowest BCUT2D eigenvalue weighted by Gasteiger charge is -2.18. The number of aliphatic imine (C=N–C) groups is 1. The predicted octanol–water partition coefficient (Wildman–Crippen LogP) is 3.24. The van der Waals surface area contributed by atoms with Crippen LogP contribution in [0, 0.1) is 0 Å². The van der Waals surface area contributed by atoms with Gasteiger partial charge in [-0.2, -0.15) is 0 Å². The number of guanidine groups is 1. The van der Waals surface area contributed by atoms with E-state index in [0.29, 0.717) is 24.9 Å². The van der Waals surface area contributed by atoms with E-state index in [1.54, 1.807) is 20.4 Å². The van der Waals surface area contributed by atoms with Gasteiger partial charge in [0.05, 0.1) is 27.3 Å². The number of pyridine rings is 1. The van der Waals surface area contributed by atoms with Crippen LogP contribution in [0.4, 0.5) is 0 Å². The molecule has 2 rings (SSSR count). The Morgan fingerprint density at radius 1 is 1.11 bits per heavy atom. The van der Waals surface area contributed by atoms with E-state index < -0.39 is 0 Å². The Kier molecular flexibility index (Phi) is 11.1. The van der Waals surface area contributed by atoms with Crippen LogP contribution in [0.25, 0.3) is 0 Å². The summed E-state index contributed by atoms with van der Waals surface area (Å²) in [6.07, 6.45) is 1.65. The summed E-state index contributed by atoms with van der Waals surface area (Å²) in [5.41, 5.74) is 0.929. The van der Waals surface area contributed by atoms with E-state index in [9.17, 15) is 0 Å². The van der Waals surface area contributed by atoms with Crippen molar-refractivity contribution in [3.05, 3.63) is 48.2 Å². The highest BCUT2D eigenvalue weighted by Crippen LogP contribution is 2.19. The number of ether oxygens (including phenoxy) is 3. The minimum absolute atomic E-state index is 0. The molecule has 0 aliphatic carbocycles. The molecular formula is C20H29IN4O3.